The molecule has 0 aliphatic rings. The van der Waals surface area contributed by atoms with Gasteiger partial charge in [0.1, 0.15) is 40.3 Å². The van der Waals surface area contributed by atoms with Gasteiger partial charge in [-0.3, -0.25) is 25.0 Å². The number of anilines is 1. The lowest BCUT2D eigenvalue weighted by molar-refractivity contribution is -0.384. The average molecular weight is 464 g/mol. The Kier molecular flexibility index (Phi) is 6.88. The van der Waals surface area contributed by atoms with Gasteiger partial charge in [-0.2, -0.15) is 5.26 Å². The van der Waals surface area contributed by atoms with Gasteiger partial charge in [-0.15, -0.1) is 0 Å². The number of carbonyl (C=O) groups excluding carboxylic acids is 1. The maximum Gasteiger partial charge on any atom is 0.296 e. The van der Waals surface area contributed by atoms with E-state index >= 15 is 0 Å². The molecule has 0 bridgehead atoms. The Balaban J connectivity index is 1.90. The number of amides is 1. The van der Waals surface area contributed by atoms with Crippen molar-refractivity contribution < 1.29 is 28.5 Å². The Hall–Kier alpha value is -5.18. The number of ether oxygens (including phenoxy) is 2. The first-order valence-electron chi connectivity index (χ1n) is 9.45. The second kappa shape index (κ2) is 9.96. The minimum atomic E-state index is -0.901. The molecule has 0 radical (unpaired) electrons. The Morgan fingerprint density at radius 2 is 1.82 bits per heavy atom. The summed E-state index contributed by atoms with van der Waals surface area (Å²) in [7, 11) is 2.74. The summed E-state index contributed by atoms with van der Waals surface area (Å²) in [4.78, 5) is 33.7. The number of nitro benzene ring substituents is 2. The number of furan rings is 1. The lowest BCUT2D eigenvalue weighted by atomic mass is 10.1. The summed E-state index contributed by atoms with van der Waals surface area (Å²) in [6.07, 6.45) is 1.14. The number of nitro groups is 2. The third-order valence-corrected chi connectivity index (χ3v) is 4.59. The largest absolute Gasteiger partial charge is 0.496 e. The van der Waals surface area contributed by atoms with Crippen molar-refractivity contribution in [1.82, 2.24) is 0 Å². The highest BCUT2D eigenvalue weighted by atomic mass is 16.6. The fraction of sp³-hybridized carbons (Fsp3) is 0.0909. The smallest absolute Gasteiger partial charge is 0.296 e. The molecule has 0 unspecified atom stereocenters. The lowest BCUT2D eigenvalue weighted by Crippen LogP contribution is -2.14. The minimum Gasteiger partial charge on any atom is -0.496 e. The van der Waals surface area contributed by atoms with Crippen LogP contribution in [0.5, 0.6) is 11.5 Å². The second-order valence-corrected chi connectivity index (χ2v) is 6.61. The van der Waals surface area contributed by atoms with Crippen molar-refractivity contribution in [3.8, 4) is 28.9 Å². The normalized spacial score (nSPS) is 10.8. The molecular weight excluding hydrogens is 448 g/mol. The number of non-ortho nitro benzene ring substituents is 1. The molecule has 1 heterocycles. The molecule has 12 nitrogen and oxygen atoms in total. The number of hydrogen-bond donors (Lipinski definition) is 1. The van der Waals surface area contributed by atoms with Gasteiger partial charge in [0.25, 0.3) is 17.3 Å². The zero-order valence-electron chi connectivity index (χ0n) is 17.8. The highest BCUT2D eigenvalue weighted by molar-refractivity contribution is 6.10. The van der Waals surface area contributed by atoms with Gasteiger partial charge in [-0.1, -0.05) is 0 Å². The molecule has 1 N–H and O–H groups in total. The molecule has 0 saturated carbocycles. The van der Waals surface area contributed by atoms with E-state index in [1.54, 1.807) is 6.07 Å². The highest BCUT2D eigenvalue weighted by Crippen LogP contribution is 2.35. The fourth-order valence-electron chi connectivity index (χ4n) is 2.95. The van der Waals surface area contributed by atoms with Crippen molar-refractivity contribution in [3.63, 3.8) is 0 Å². The van der Waals surface area contributed by atoms with E-state index in [1.807, 2.05) is 0 Å². The van der Waals surface area contributed by atoms with Crippen LogP contribution in [-0.4, -0.2) is 30.0 Å². The lowest BCUT2D eigenvalue weighted by Gasteiger charge is -2.07. The Morgan fingerprint density at radius 3 is 2.44 bits per heavy atom. The van der Waals surface area contributed by atoms with Crippen LogP contribution in [0.1, 0.15) is 5.76 Å². The average Bonchev–Trinajstić information content (AvgIpc) is 3.30. The van der Waals surface area contributed by atoms with Gasteiger partial charge in [0.2, 0.25) is 0 Å². The molecule has 1 aromatic heterocycles. The van der Waals surface area contributed by atoms with E-state index in [4.69, 9.17) is 13.9 Å². The van der Waals surface area contributed by atoms with E-state index < -0.39 is 27.0 Å². The summed E-state index contributed by atoms with van der Waals surface area (Å²) in [6, 6.07) is 12.5. The van der Waals surface area contributed by atoms with Gasteiger partial charge < -0.3 is 19.2 Å². The number of methoxy groups -OCH3 is 2. The van der Waals surface area contributed by atoms with Gasteiger partial charge in [0, 0.05) is 18.2 Å². The quantitative estimate of drug-likeness (QED) is 0.220. The monoisotopic (exact) mass is 464 g/mol. The second-order valence-electron chi connectivity index (χ2n) is 6.61. The van der Waals surface area contributed by atoms with Crippen LogP contribution in [0, 0.1) is 31.6 Å². The predicted molar refractivity (Wildman–Crippen MR) is 119 cm³/mol. The summed E-state index contributed by atoms with van der Waals surface area (Å²) in [5.41, 5.74) is -0.811. The van der Waals surface area contributed by atoms with Crippen LogP contribution in [-0.2, 0) is 4.79 Å². The van der Waals surface area contributed by atoms with Gasteiger partial charge in [0.15, 0.2) is 0 Å². The SMILES string of the molecule is COc1ccc(NC(=O)/C(C#N)=C/c2ccc(-c3cc([N+](=O)[O-])ccc3OC)o2)c([N+](=O)[O-])c1. The van der Waals surface area contributed by atoms with E-state index in [0.29, 0.717) is 11.3 Å². The van der Waals surface area contributed by atoms with Crippen molar-refractivity contribution in [3.05, 3.63) is 80.1 Å². The molecule has 172 valence electrons. The fourth-order valence-corrected chi connectivity index (χ4v) is 2.95. The summed E-state index contributed by atoms with van der Waals surface area (Å²) in [5.74, 6) is -0.0580. The van der Waals surface area contributed by atoms with Crippen molar-refractivity contribution in [1.29, 1.82) is 5.26 Å². The van der Waals surface area contributed by atoms with Crippen LogP contribution in [0.15, 0.2) is 58.5 Å². The molecule has 3 rings (SSSR count). The van der Waals surface area contributed by atoms with Crippen LogP contribution >= 0.6 is 0 Å². The molecule has 0 aliphatic carbocycles. The predicted octanol–water partition coefficient (Wildman–Crippen LogP) is 4.33. The molecule has 0 aliphatic heterocycles. The van der Waals surface area contributed by atoms with Crippen molar-refractivity contribution >= 4 is 29.0 Å². The van der Waals surface area contributed by atoms with Gasteiger partial charge in [0.05, 0.1) is 35.7 Å². The molecule has 0 saturated heterocycles. The van der Waals surface area contributed by atoms with Crippen LogP contribution in [0.3, 0.4) is 0 Å². The minimum absolute atomic E-state index is 0.0967. The molecular formula is C22H16N4O8. The van der Waals surface area contributed by atoms with E-state index in [-0.39, 0.29) is 28.6 Å². The molecule has 3 aromatic rings. The molecule has 0 atom stereocenters. The standard InChI is InChI=1S/C22H16N4O8/c1-32-15-4-6-18(19(11-15)26(30)31)24-22(27)13(12-23)9-16-5-8-21(34-16)17-10-14(25(28)29)3-7-20(17)33-2/h3-11H,1-2H3,(H,24,27)/b13-9+. The molecule has 2 aromatic carbocycles. The van der Waals surface area contributed by atoms with E-state index in [1.165, 1.54) is 56.7 Å². The first-order chi connectivity index (χ1) is 16.3. The molecule has 12 heteroatoms. The maximum absolute atomic E-state index is 12.6. The summed E-state index contributed by atoms with van der Waals surface area (Å²) >= 11 is 0. The maximum atomic E-state index is 12.6. The van der Waals surface area contributed by atoms with E-state index in [2.05, 4.69) is 5.32 Å². The first kappa shape index (κ1) is 23.5. The number of nitrogens with zero attached hydrogens (tertiary/aromatic N) is 3. The Bertz CT molecular complexity index is 1350. The number of carbonyl (C=O) groups is 1. The Labute approximate surface area is 191 Å². The first-order valence-corrected chi connectivity index (χ1v) is 9.45. The zero-order valence-corrected chi connectivity index (χ0v) is 17.8. The highest BCUT2D eigenvalue weighted by Gasteiger charge is 2.20. The number of rotatable bonds is 8. The number of nitriles is 1. The van der Waals surface area contributed by atoms with Gasteiger partial charge in [-0.25, -0.2) is 0 Å². The summed E-state index contributed by atoms with van der Waals surface area (Å²) < 4.78 is 15.8. The van der Waals surface area contributed by atoms with Crippen LogP contribution in [0.25, 0.3) is 17.4 Å². The zero-order chi connectivity index (χ0) is 24.8. The molecule has 0 spiro atoms. The van der Waals surface area contributed by atoms with E-state index in [9.17, 15) is 30.3 Å². The third kappa shape index (κ3) is 5.00. The topological polar surface area (TPSA) is 171 Å². The molecule has 0 fully saturated rings. The Morgan fingerprint density at radius 1 is 1.06 bits per heavy atom. The summed E-state index contributed by atoms with van der Waals surface area (Å²) in [6.45, 7) is 0. The van der Waals surface area contributed by atoms with Crippen LogP contribution in [0.4, 0.5) is 17.1 Å². The third-order valence-electron chi connectivity index (χ3n) is 4.59. The van der Waals surface area contributed by atoms with Crippen molar-refractivity contribution in [2.45, 2.75) is 0 Å². The molecule has 34 heavy (non-hydrogen) atoms. The summed E-state index contributed by atoms with van der Waals surface area (Å²) in [5, 5.41) is 34.2. The van der Waals surface area contributed by atoms with Crippen molar-refractivity contribution in [2.24, 2.45) is 0 Å². The van der Waals surface area contributed by atoms with E-state index in [0.717, 1.165) is 12.1 Å². The number of hydrogen-bond acceptors (Lipinski definition) is 9. The molecule has 1 amide bonds. The number of nitrogens with one attached hydrogen (secondary N) is 1. The van der Waals surface area contributed by atoms with Crippen LogP contribution in [0.2, 0.25) is 0 Å². The number of benzene rings is 2. The van der Waals surface area contributed by atoms with Gasteiger partial charge in [-0.05, 0) is 30.3 Å². The van der Waals surface area contributed by atoms with Crippen molar-refractivity contribution in [2.75, 3.05) is 19.5 Å². The van der Waals surface area contributed by atoms with Crippen LogP contribution < -0.4 is 14.8 Å². The van der Waals surface area contributed by atoms with Gasteiger partial charge >= 0.3 is 0 Å².